The summed E-state index contributed by atoms with van der Waals surface area (Å²) in [5.74, 6) is -9.47. The number of aliphatic carboxylic acids is 3. The average Bonchev–Trinajstić information content (AvgIpc) is 3.86. The Hall–Kier alpha value is -6.97. The molecule has 1 aliphatic carbocycles. The molecule has 3 atom stereocenters. The maximum Gasteiger partial charge on any atom is 0.305 e. The van der Waals surface area contributed by atoms with Crippen LogP contribution in [0.3, 0.4) is 0 Å². The molecule has 1 aliphatic rings. The van der Waals surface area contributed by atoms with Crippen LogP contribution < -0.4 is 31.5 Å². The Kier molecular flexibility index (Phi) is 20.2. The monoisotopic (exact) mass is 950 g/mol. The second-order valence-electron chi connectivity index (χ2n) is 16.2. The highest BCUT2D eigenvalue weighted by atomic mass is 32.1. The molecule has 0 aliphatic heterocycles. The topological polar surface area (TPSA) is 312 Å². The number of amides is 7. The number of hydrogen-bond donors (Lipinski definition) is 8. The van der Waals surface area contributed by atoms with Crippen molar-refractivity contribution in [2.75, 3.05) is 24.5 Å². The smallest absolute Gasteiger partial charge is 0.305 e. The molecule has 1 fully saturated rings. The molecule has 3 aromatic rings. The van der Waals surface area contributed by atoms with Gasteiger partial charge in [0, 0.05) is 43.9 Å². The molecule has 8 N–H and O–H groups in total. The number of aliphatic imine (C=N–C) groups is 1. The van der Waals surface area contributed by atoms with Crippen LogP contribution >= 0.6 is 11.3 Å². The van der Waals surface area contributed by atoms with E-state index in [-0.39, 0.29) is 30.8 Å². The van der Waals surface area contributed by atoms with E-state index in [2.05, 4.69) is 26.3 Å². The van der Waals surface area contributed by atoms with Gasteiger partial charge in [-0.2, -0.15) is 0 Å². The van der Waals surface area contributed by atoms with Crippen LogP contribution in [0.4, 0.5) is 5.69 Å². The van der Waals surface area contributed by atoms with E-state index in [9.17, 15) is 58.2 Å². The summed E-state index contributed by atoms with van der Waals surface area (Å²) in [6.45, 7) is 5.83. The second-order valence-corrected chi connectivity index (χ2v) is 17.1. The lowest BCUT2D eigenvalue weighted by Gasteiger charge is -2.23. The van der Waals surface area contributed by atoms with Crippen LogP contribution in [0.1, 0.15) is 101 Å². The molecule has 1 aromatic carbocycles. The van der Waals surface area contributed by atoms with Gasteiger partial charge in [0.15, 0.2) is 0 Å². The number of rotatable bonds is 25. The zero-order valence-electron chi connectivity index (χ0n) is 37.6. The van der Waals surface area contributed by atoms with Crippen molar-refractivity contribution >= 4 is 92.2 Å². The van der Waals surface area contributed by atoms with Gasteiger partial charge in [0.2, 0.25) is 35.4 Å². The number of anilines is 1. The lowest BCUT2D eigenvalue weighted by atomic mass is 9.87. The van der Waals surface area contributed by atoms with Crippen LogP contribution in [0, 0.1) is 12.8 Å². The first-order valence-electron chi connectivity index (χ1n) is 22.0. The van der Waals surface area contributed by atoms with Gasteiger partial charge in [0.1, 0.15) is 30.4 Å². The zero-order chi connectivity index (χ0) is 49.2. The molecule has 0 spiro atoms. The Morgan fingerprint density at radius 3 is 1.88 bits per heavy atom. The van der Waals surface area contributed by atoms with Crippen LogP contribution in [-0.2, 0) is 49.7 Å². The number of nitrogens with zero attached hydrogens (tertiary/aromatic N) is 3. The quantitative estimate of drug-likeness (QED) is 0.0567. The highest BCUT2D eigenvalue weighted by Gasteiger charge is 2.33. The fraction of sp³-hybridized carbons (Fsp3) is 0.489. The van der Waals surface area contributed by atoms with Crippen molar-refractivity contribution in [2.24, 2.45) is 10.9 Å². The predicted molar refractivity (Wildman–Crippen MR) is 245 cm³/mol. The number of benzene rings is 1. The SMILES string of the molecule is CCN(C(=O)Cn1c(C(=O)N=C2CCC(C(=O)NCCCCCCNC(=O)[C@H](CC(=O)O)NC(=O)[C@H](CC(=O)O)NC(=O)[C@H](CC(=O)O)NC(C)=O)CC2)cc2sccc21)c1cccc(C)c1. The summed E-state index contributed by atoms with van der Waals surface area (Å²) in [5.41, 5.74) is 3.64. The minimum absolute atomic E-state index is 0.0289. The highest BCUT2D eigenvalue weighted by Crippen LogP contribution is 2.28. The normalized spacial score (nSPS) is 14.7. The van der Waals surface area contributed by atoms with Crippen LogP contribution in [-0.4, -0.2) is 123 Å². The van der Waals surface area contributed by atoms with E-state index in [4.69, 9.17) is 5.11 Å². The average molecular weight is 951 g/mol. The van der Waals surface area contributed by atoms with Gasteiger partial charge in [-0.3, -0.25) is 47.9 Å². The molecule has 21 nitrogen and oxygen atoms in total. The first kappa shape index (κ1) is 52.7. The van der Waals surface area contributed by atoms with Crippen LogP contribution in [0.2, 0.25) is 0 Å². The third-order valence-electron chi connectivity index (χ3n) is 11.0. The molecule has 1 saturated carbocycles. The Labute approximate surface area is 390 Å². The first-order valence-corrected chi connectivity index (χ1v) is 22.9. The molecule has 2 aromatic heterocycles. The largest absolute Gasteiger partial charge is 0.481 e. The van der Waals surface area contributed by atoms with E-state index in [1.807, 2.05) is 54.9 Å². The summed E-state index contributed by atoms with van der Waals surface area (Å²) in [5, 5.41) is 41.4. The Morgan fingerprint density at radius 2 is 1.33 bits per heavy atom. The summed E-state index contributed by atoms with van der Waals surface area (Å²) < 4.78 is 2.61. The summed E-state index contributed by atoms with van der Waals surface area (Å²) >= 11 is 1.48. The van der Waals surface area contributed by atoms with E-state index in [0.29, 0.717) is 75.9 Å². The number of carbonyl (C=O) groups is 10. The van der Waals surface area contributed by atoms with E-state index in [0.717, 1.165) is 28.4 Å². The molecule has 0 unspecified atom stereocenters. The molecule has 4 rings (SSSR count). The predicted octanol–water partition coefficient (Wildman–Crippen LogP) is 2.53. The maximum atomic E-state index is 13.6. The first-order chi connectivity index (χ1) is 31.9. The van der Waals surface area contributed by atoms with Crippen molar-refractivity contribution in [3.8, 4) is 0 Å². The van der Waals surface area contributed by atoms with E-state index in [1.165, 1.54) is 11.3 Å². The molecular formula is C45H58N8O13S. The van der Waals surface area contributed by atoms with E-state index < -0.39 is 84.8 Å². The van der Waals surface area contributed by atoms with E-state index in [1.54, 1.807) is 15.5 Å². The van der Waals surface area contributed by atoms with Crippen LogP contribution in [0.5, 0.6) is 0 Å². The van der Waals surface area contributed by atoms with Gasteiger partial charge in [-0.1, -0.05) is 25.0 Å². The molecule has 0 bridgehead atoms. The lowest BCUT2D eigenvalue weighted by Crippen LogP contribution is -2.57. The maximum absolute atomic E-state index is 13.6. The number of thiophene rings is 1. The minimum atomic E-state index is -1.85. The fourth-order valence-electron chi connectivity index (χ4n) is 7.61. The van der Waals surface area contributed by atoms with Gasteiger partial charge in [-0.25, -0.2) is 4.99 Å². The summed E-state index contributed by atoms with van der Waals surface area (Å²) in [4.78, 5) is 130. The Balaban J connectivity index is 1.18. The molecule has 2 heterocycles. The third kappa shape index (κ3) is 16.5. The molecule has 22 heteroatoms. The zero-order valence-corrected chi connectivity index (χ0v) is 38.4. The number of aromatic nitrogens is 1. The number of carboxylic acid groups (broad SMARTS) is 3. The number of likely N-dealkylation sites (N-methyl/N-ethyl adjacent to an activating group) is 1. The minimum Gasteiger partial charge on any atom is -0.481 e. The van der Waals surface area contributed by atoms with Crippen molar-refractivity contribution in [3.05, 3.63) is 53.0 Å². The molecular weight excluding hydrogens is 893 g/mol. The second kappa shape index (κ2) is 25.7. The van der Waals surface area contributed by atoms with Crippen molar-refractivity contribution in [2.45, 2.75) is 116 Å². The highest BCUT2D eigenvalue weighted by molar-refractivity contribution is 7.17. The van der Waals surface area contributed by atoms with Crippen LogP contribution in [0.15, 0.2) is 46.8 Å². The van der Waals surface area contributed by atoms with Crippen LogP contribution in [0.25, 0.3) is 10.2 Å². The molecule has 7 amide bonds. The van der Waals surface area contributed by atoms with Gasteiger partial charge in [-0.15, -0.1) is 11.3 Å². The Morgan fingerprint density at radius 1 is 0.761 bits per heavy atom. The standard InChI is InChI=1S/C45H58N8O13S/c1-4-52(30-11-9-10-26(2)20-30)37(55)25-53-34-16-19-67-36(34)24-35(53)45(66)49-29-14-12-28(13-15-29)41(62)46-17-7-5-6-8-18-47-42(63)31(21-38(56)57)50-44(65)33(23-40(60)61)51-43(64)32(22-39(58)59)48-27(3)54/h9-11,16,19-20,24,28,31-33H,4-8,12-15,17-18,21-23,25H2,1-3H3,(H,46,62)(H,47,63)(H,48,54)(H,50,65)(H,51,64)(H,56,57)(H,58,59)(H,60,61)/t28?,31-,32-,33-/m0/s1. The van der Waals surface area contributed by atoms with Gasteiger partial charge in [-0.05, 0) is 87.6 Å². The summed E-state index contributed by atoms with van der Waals surface area (Å²) in [6.07, 6.45) is 1.65. The summed E-state index contributed by atoms with van der Waals surface area (Å²) in [7, 11) is 0. The number of nitrogens with one attached hydrogen (secondary N) is 5. The van der Waals surface area contributed by atoms with Gasteiger partial charge in [0.25, 0.3) is 5.91 Å². The molecule has 362 valence electrons. The molecule has 0 saturated heterocycles. The lowest BCUT2D eigenvalue weighted by molar-refractivity contribution is -0.144. The number of unbranched alkanes of at least 4 members (excludes halogenated alkanes) is 3. The number of fused-ring (bicyclic) bond motifs is 1. The Bertz CT molecular complexity index is 2330. The number of aryl methyl sites for hydroxylation is 1. The number of hydrogen-bond acceptors (Lipinski definition) is 11. The fourth-order valence-corrected chi connectivity index (χ4v) is 8.43. The van der Waals surface area contributed by atoms with E-state index >= 15 is 0 Å². The third-order valence-corrected chi connectivity index (χ3v) is 11.8. The van der Waals surface area contributed by atoms with Crippen molar-refractivity contribution in [1.29, 1.82) is 0 Å². The van der Waals surface area contributed by atoms with Gasteiger partial charge >= 0.3 is 17.9 Å². The van der Waals surface area contributed by atoms with Gasteiger partial charge < -0.3 is 51.4 Å². The molecule has 67 heavy (non-hydrogen) atoms. The number of carboxylic acids is 3. The molecule has 0 radical (unpaired) electrons. The van der Waals surface area contributed by atoms with Crippen molar-refractivity contribution < 1.29 is 63.3 Å². The van der Waals surface area contributed by atoms with Crippen molar-refractivity contribution in [1.82, 2.24) is 31.2 Å². The summed E-state index contributed by atoms with van der Waals surface area (Å²) in [6, 6.07) is 6.20. The van der Waals surface area contributed by atoms with Crippen molar-refractivity contribution in [3.63, 3.8) is 0 Å². The van der Waals surface area contributed by atoms with Gasteiger partial charge in [0.05, 0.1) is 29.5 Å². The number of carbonyl (C=O) groups excluding carboxylic acids is 7.